The average molecular weight is 246 g/mol. The third-order valence-electron chi connectivity index (χ3n) is 3.65. The predicted octanol–water partition coefficient (Wildman–Crippen LogP) is 2.21. The molecule has 3 heteroatoms. The van der Waals surface area contributed by atoms with Crippen LogP contribution in [0.25, 0.3) is 0 Å². The molecule has 98 valence electrons. The van der Waals surface area contributed by atoms with Crippen LogP contribution in [0, 0.1) is 6.92 Å². The second kappa shape index (κ2) is 6.01. The van der Waals surface area contributed by atoms with Crippen LogP contribution in [0.5, 0.6) is 0 Å². The van der Waals surface area contributed by atoms with Gasteiger partial charge in [-0.05, 0) is 44.9 Å². The van der Waals surface area contributed by atoms with Gasteiger partial charge in [-0.3, -0.25) is 4.79 Å². The molecular weight excluding hydrogens is 224 g/mol. The van der Waals surface area contributed by atoms with E-state index in [9.17, 15) is 4.79 Å². The molecule has 0 saturated carbocycles. The summed E-state index contributed by atoms with van der Waals surface area (Å²) in [5.41, 5.74) is 1.89. The summed E-state index contributed by atoms with van der Waals surface area (Å²) in [5, 5.41) is 3.45. The third-order valence-corrected chi connectivity index (χ3v) is 3.65. The molecule has 1 aromatic carbocycles. The molecule has 1 unspecified atom stereocenters. The molecule has 1 N–H and O–H groups in total. The van der Waals surface area contributed by atoms with E-state index in [1.54, 1.807) is 0 Å². The molecule has 0 aromatic heterocycles. The fourth-order valence-corrected chi connectivity index (χ4v) is 2.52. The van der Waals surface area contributed by atoms with Gasteiger partial charge in [0, 0.05) is 24.7 Å². The lowest BCUT2D eigenvalue weighted by molar-refractivity contribution is 0.0750. The second-order valence-electron chi connectivity index (χ2n) is 4.95. The zero-order chi connectivity index (χ0) is 13.0. The Kier molecular flexibility index (Phi) is 4.37. The van der Waals surface area contributed by atoms with Crippen molar-refractivity contribution in [1.29, 1.82) is 0 Å². The number of carbonyl (C=O) groups is 1. The normalized spacial score (nSPS) is 18.9. The number of aryl methyl sites for hydroxylation is 1. The van der Waals surface area contributed by atoms with E-state index >= 15 is 0 Å². The van der Waals surface area contributed by atoms with Gasteiger partial charge in [0.25, 0.3) is 5.91 Å². The fraction of sp³-hybridized carbons (Fsp3) is 0.533. The van der Waals surface area contributed by atoms with Gasteiger partial charge in [0.15, 0.2) is 0 Å². The van der Waals surface area contributed by atoms with Crippen LogP contribution in [0.1, 0.15) is 35.7 Å². The molecular formula is C15H22N2O. The topological polar surface area (TPSA) is 32.3 Å². The SMILES string of the molecule is CCN(CC1CCCN1)C(=O)c1ccccc1C. The molecule has 1 aliphatic rings. The van der Waals surface area contributed by atoms with E-state index in [0.29, 0.717) is 6.04 Å². The van der Waals surface area contributed by atoms with E-state index in [1.807, 2.05) is 43.0 Å². The first-order valence-electron chi connectivity index (χ1n) is 6.80. The molecule has 1 saturated heterocycles. The molecule has 0 bridgehead atoms. The maximum atomic E-state index is 12.5. The van der Waals surface area contributed by atoms with Crippen LogP contribution in [0.15, 0.2) is 24.3 Å². The molecule has 1 heterocycles. The van der Waals surface area contributed by atoms with Gasteiger partial charge in [0.1, 0.15) is 0 Å². The van der Waals surface area contributed by atoms with Crippen molar-refractivity contribution in [2.45, 2.75) is 32.7 Å². The highest BCUT2D eigenvalue weighted by atomic mass is 16.2. The molecule has 1 atom stereocenters. The number of hydrogen-bond donors (Lipinski definition) is 1. The van der Waals surface area contributed by atoms with Crippen molar-refractivity contribution in [1.82, 2.24) is 10.2 Å². The minimum absolute atomic E-state index is 0.157. The van der Waals surface area contributed by atoms with Crippen LogP contribution >= 0.6 is 0 Å². The monoisotopic (exact) mass is 246 g/mol. The minimum atomic E-state index is 0.157. The predicted molar refractivity (Wildman–Crippen MR) is 73.8 cm³/mol. The zero-order valence-corrected chi connectivity index (χ0v) is 11.3. The largest absolute Gasteiger partial charge is 0.337 e. The highest BCUT2D eigenvalue weighted by Gasteiger charge is 2.21. The van der Waals surface area contributed by atoms with Crippen molar-refractivity contribution in [3.8, 4) is 0 Å². The summed E-state index contributed by atoms with van der Waals surface area (Å²) in [5.74, 6) is 0.157. The molecule has 3 nitrogen and oxygen atoms in total. The number of hydrogen-bond acceptors (Lipinski definition) is 2. The van der Waals surface area contributed by atoms with E-state index < -0.39 is 0 Å². The summed E-state index contributed by atoms with van der Waals surface area (Å²) in [6.45, 7) is 6.72. The Bertz CT molecular complexity index is 411. The lowest BCUT2D eigenvalue weighted by Crippen LogP contribution is -2.41. The Balaban J connectivity index is 2.07. The molecule has 0 radical (unpaired) electrons. The number of benzene rings is 1. The molecule has 2 rings (SSSR count). The molecule has 1 aliphatic heterocycles. The van der Waals surface area contributed by atoms with E-state index in [0.717, 1.165) is 30.8 Å². The molecule has 1 amide bonds. The van der Waals surface area contributed by atoms with Gasteiger partial charge in [-0.15, -0.1) is 0 Å². The number of carbonyl (C=O) groups excluding carboxylic acids is 1. The lowest BCUT2D eigenvalue weighted by atomic mass is 10.1. The molecule has 1 fully saturated rings. The van der Waals surface area contributed by atoms with Crippen LogP contribution in [-0.4, -0.2) is 36.5 Å². The van der Waals surface area contributed by atoms with Crippen molar-refractivity contribution in [3.05, 3.63) is 35.4 Å². The van der Waals surface area contributed by atoms with Crippen molar-refractivity contribution in [2.24, 2.45) is 0 Å². The summed E-state index contributed by atoms with van der Waals surface area (Å²) >= 11 is 0. The van der Waals surface area contributed by atoms with Crippen molar-refractivity contribution >= 4 is 5.91 Å². The summed E-state index contributed by atoms with van der Waals surface area (Å²) < 4.78 is 0. The van der Waals surface area contributed by atoms with E-state index in [2.05, 4.69) is 5.32 Å². The Morgan fingerprint density at radius 1 is 1.44 bits per heavy atom. The molecule has 0 spiro atoms. The van der Waals surface area contributed by atoms with Crippen LogP contribution in [0.4, 0.5) is 0 Å². The summed E-state index contributed by atoms with van der Waals surface area (Å²) in [7, 11) is 0. The summed E-state index contributed by atoms with van der Waals surface area (Å²) in [4.78, 5) is 14.4. The van der Waals surface area contributed by atoms with Crippen molar-refractivity contribution in [2.75, 3.05) is 19.6 Å². The van der Waals surface area contributed by atoms with Gasteiger partial charge in [0.05, 0.1) is 0 Å². The van der Waals surface area contributed by atoms with Crippen LogP contribution in [0.3, 0.4) is 0 Å². The zero-order valence-electron chi connectivity index (χ0n) is 11.3. The summed E-state index contributed by atoms with van der Waals surface area (Å²) in [6.07, 6.45) is 2.40. The second-order valence-corrected chi connectivity index (χ2v) is 4.95. The van der Waals surface area contributed by atoms with Crippen LogP contribution in [0.2, 0.25) is 0 Å². The first-order valence-corrected chi connectivity index (χ1v) is 6.80. The Morgan fingerprint density at radius 3 is 2.83 bits per heavy atom. The van der Waals surface area contributed by atoms with E-state index in [4.69, 9.17) is 0 Å². The van der Waals surface area contributed by atoms with Gasteiger partial charge in [-0.25, -0.2) is 0 Å². The first kappa shape index (κ1) is 13.1. The minimum Gasteiger partial charge on any atom is -0.337 e. The Morgan fingerprint density at radius 2 is 2.22 bits per heavy atom. The maximum absolute atomic E-state index is 12.5. The van der Waals surface area contributed by atoms with Crippen molar-refractivity contribution in [3.63, 3.8) is 0 Å². The quantitative estimate of drug-likeness (QED) is 0.883. The number of rotatable bonds is 4. The fourth-order valence-electron chi connectivity index (χ4n) is 2.52. The highest BCUT2D eigenvalue weighted by molar-refractivity contribution is 5.95. The lowest BCUT2D eigenvalue weighted by Gasteiger charge is -2.25. The smallest absolute Gasteiger partial charge is 0.254 e. The summed E-state index contributed by atoms with van der Waals surface area (Å²) in [6, 6.07) is 8.29. The number of amides is 1. The molecule has 18 heavy (non-hydrogen) atoms. The molecule has 1 aromatic rings. The Hall–Kier alpha value is -1.35. The maximum Gasteiger partial charge on any atom is 0.254 e. The average Bonchev–Trinajstić information content (AvgIpc) is 2.88. The first-order chi connectivity index (χ1) is 8.72. The van der Waals surface area contributed by atoms with Crippen molar-refractivity contribution < 1.29 is 4.79 Å². The number of nitrogens with zero attached hydrogens (tertiary/aromatic N) is 1. The van der Waals surface area contributed by atoms with Gasteiger partial charge >= 0.3 is 0 Å². The van der Waals surface area contributed by atoms with Gasteiger partial charge in [0.2, 0.25) is 0 Å². The molecule has 0 aliphatic carbocycles. The van der Waals surface area contributed by atoms with Crippen LogP contribution < -0.4 is 5.32 Å². The third kappa shape index (κ3) is 2.91. The Labute approximate surface area is 109 Å². The van der Waals surface area contributed by atoms with E-state index in [1.165, 1.54) is 12.8 Å². The van der Waals surface area contributed by atoms with Gasteiger partial charge < -0.3 is 10.2 Å². The number of nitrogens with one attached hydrogen (secondary N) is 1. The standard InChI is InChI=1S/C15H22N2O/c1-3-17(11-13-8-6-10-16-13)15(18)14-9-5-4-7-12(14)2/h4-5,7,9,13,16H,3,6,8,10-11H2,1-2H3. The van der Waals surface area contributed by atoms with Gasteiger partial charge in [-0.1, -0.05) is 18.2 Å². The van der Waals surface area contributed by atoms with Crippen LogP contribution in [-0.2, 0) is 0 Å². The number of likely N-dealkylation sites (N-methyl/N-ethyl adjacent to an activating group) is 1. The highest BCUT2D eigenvalue weighted by Crippen LogP contribution is 2.13. The van der Waals surface area contributed by atoms with Gasteiger partial charge in [-0.2, -0.15) is 0 Å². The van der Waals surface area contributed by atoms with E-state index in [-0.39, 0.29) is 5.91 Å².